The van der Waals surface area contributed by atoms with E-state index in [1.807, 2.05) is 12.1 Å². The number of hydrogen-bond donors (Lipinski definition) is 2. The number of benzene rings is 2. The molecule has 1 aliphatic heterocycles. The standard InChI is InChI=1S/C20H17ClN4O3/c1-28-15-8-6-14(7-9-15)23-18(26)10-17-20(27)24-19-16(11-22-25(17)19)12-2-4-13(21)5-3-12/h2-9,11,17H,10H2,1H3,(H,23,26)(H,24,27). The Morgan fingerprint density at radius 1 is 1.21 bits per heavy atom. The largest absolute Gasteiger partial charge is 0.497 e. The number of carbonyl (C=O) groups excluding carboxylic acids is 2. The Balaban J connectivity index is 1.50. The Morgan fingerprint density at radius 2 is 1.93 bits per heavy atom. The van der Waals surface area contributed by atoms with Crippen LogP contribution in [0.3, 0.4) is 0 Å². The van der Waals surface area contributed by atoms with E-state index in [0.717, 1.165) is 11.1 Å². The van der Waals surface area contributed by atoms with E-state index >= 15 is 0 Å². The maximum Gasteiger partial charge on any atom is 0.251 e. The molecule has 2 N–H and O–H groups in total. The number of fused-ring (bicyclic) bond motifs is 1. The molecule has 2 heterocycles. The van der Waals surface area contributed by atoms with Crippen LogP contribution in [0.25, 0.3) is 11.1 Å². The first-order valence-electron chi connectivity index (χ1n) is 8.63. The van der Waals surface area contributed by atoms with Gasteiger partial charge in [0.1, 0.15) is 17.6 Å². The first kappa shape index (κ1) is 18.1. The molecule has 0 bridgehead atoms. The van der Waals surface area contributed by atoms with Crippen LogP contribution in [0.1, 0.15) is 12.5 Å². The predicted octanol–water partition coefficient (Wildman–Crippen LogP) is 3.73. The van der Waals surface area contributed by atoms with Crippen LogP contribution in [-0.4, -0.2) is 28.7 Å². The molecule has 1 atom stereocenters. The Hall–Kier alpha value is -3.32. The van der Waals surface area contributed by atoms with Gasteiger partial charge >= 0.3 is 0 Å². The number of carbonyl (C=O) groups is 2. The smallest absolute Gasteiger partial charge is 0.251 e. The van der Waals surface area contributed by atoms with Crippen molar-refractivity contribution in [3.8, 4) is 16.9 Å². The Morgan fingerprint density at radius 3 is 2.61 bits per heavy atom. The lowest BCUT2D eigenvalue weighted by Gasteiger charge is -2.10. The summed E-state index contributed by atoms with van der Waals surface area (Å²) < 4.78 is 6.65. The van der Waals surface area contributed by atoms with Crippen molar-refractivity contribution in [2.45, 2.75) is 12.5 Å². The topological polar surface area (TPSA) is 85.2 Å². The van der Waals surface area contributed by atoms with Crippen molar-refractivity contribution in [2.75, 3.05) is 17.7 Å². The van der Waals surface area contributed by atoms with Crippen LogP contribution in [-0.2, 0) is 9.59 Å². The molecule has 0 fully saturated rings. The summed E-state index contributed by atoms with van der Waals surface area (Å²) in [4.78, 5) is 24.8. The van der Waals surface area contributed by atoms with E-state index in [9.17, 15) is 9.59 Å². The highest BCUT2D eigenvalue weighted by Crippen LogP contribution is 2.36. The minimum atomic E-state index is -0.700. The lowest BCUT2D eigenvalue weighted by atomic mass is 10.1. The van der Waals surface area contributed by atoms with Crippen molar-refractivity contribution in [1.29, 1.82) is 0 Å². The van der Waals surface area contributed by atoms with Crippen LogP contribution in [0.15, 0.2) is 54.7 Å². The lowest BCUT2D eigenvalue weighted by Crippen LogP contribution is -2.23. The number of ether oxygens (including phenoxy) is 1. The highest BCUT2D eigenvalue weighted by atomic mass is 35.5. The van der Waals surface area contributed by atoms with Gasteiger partial charge in [0.25, 0.3) is 5.91 Å². The van der Waals surface area contributed by atoms with Crippen molar-refractivity contribution in [3.63, 3.8) is 0 Å². The summed E-state index contributed by atoms with van der Waals surface area (Å²) in [6, 6.07) is 13.5. The second-order valence-corrected chi connectivity index (χ2v) is 6.78. The summed E-state index contributed by atoms with van der Waals surface area (Å²) in [7, 11) is 1.58. The summed E-state index contributed by atoms with van der Waals surface area (Å²) >= 11 is 5.94. The van der Waals surface area contributed by atoms with Crippen LogP contribution >= 0.6 is 11.6 Å². The van der Waals surface area contributed by atoms with E-state index in [2.05, 4.69) is 15.7 Å². The van der Waals surface area contributed by atoms with Crippen molar-refractivity contribution in [3.05, 3.63) is 59.8 Å². The Kier molecular flexibility index (Phi) is 4.75. The van der Waals surface area contributed by atoms with Gasteiger partial charge in [-0.25, -0.2) is 4.68 Å². The maximum atomic E-state index is 12.4. The van der Waals surface area contributed by atoms with E-state index < -0.39 is 6.04 Å². The molecule has 28 heavy (non-hydrogen) atoms. The SMILES string of the molecule is COc1ccc(NC(=O)CC2C(=O)Nc3c(-c4ccc(Cl)cc4)cnn32)cc1. The molecule has 0 radical (unpaired) electrons. The molecule has 4 rings (SSSR count). The summed E-state index contributed by atoms with van der Waals surface area (Å²) in [5, 5.41) is 10.6. The first-order valence-corrected chi connectivity index (χ1v) is 9.01. The molecule has 8 heteroatoms. The number of amides is 2. The van der Waals surface area contributed by atoms with Crippen molar-refractivity contribution < 1.29 is 14.3 Å². The quantitative estimate of drug-likeness (QED) is 0.688. The van der Waals surface area contributed by atoms with Gasteiger partial charge < -0.3 is 15.4 Å². The van der Waals surface area contributed by atoms with Gasteiger partial charge in [-0.15, -0.1) is 0 Å². The second-order valence-electron chi connectivity index (χ2n) is 6.34. The number of aromatic nitrogens is 2. The number of nitrogens with one attached hydrogen (secondary N) is 2. The van der Waals surface area contributed by atoms with Crippen LogP contribution in [0.5, 0.6) is 5.75 Å². The van der Waals surface area contributed by atoms with Gasteiger partial charge in [0.2, 0.25) is 5.91 Å². The minimum absolute atomic E-state index is 0.0212. The number of nitrogens with zero attached hydrogens (tertiary/aromatic N) is 2. The summed E-state index contributed by atoms with van der Waals surface area (Å²) in [6.07, 6.45) is 1.65. The zero-order chi connectivity index (χ0) is 19.7. The van der Waals surface area contributed by atoms with E-state index in [1.54, 1.807) is 54.4 Å². The molecule has 142 valence electrons. The van der Waals surface area contributed by atoms with Gasteiger partial charge in [-0.1, -0.05) is 23.7 Å². The molecule has 0 saturated carbocycles. The second kappa shape index (κ2) is 7.36. The molecule has 2 amide bonds. The molecule has 1 aliphatic rings. The molecule has 2 aromatic carbocycles. The van der Waals surface area contributed by atoms with Crippen molar-refractivity contribution in [1.82, 2.24) is 9.78 Å². The number of anilines is 2. The van der Waals surface area contributed by atoms with E-state index in [1.165, 1.54) is 0 Å². The molecule has 7 nitrogen and oxygen atoms in total. The van der Waals surface area contributed by atoms with Crippen molar-refractivity contribution >= 4 is 34.9 Å². The third-order valence-corrected chi connectivity index (χ3v) is 4.79. The molecule has 0 saturated heterocycles. The van der Waals surface area contributed by atoms with Crippen molar-refractivity contribution in [2.24, 2.45) is 0 Å². The minimum Gasteiger partial charge on any atom is -0.497 e. The zero-order valence-electron chi connectivity index (χ0n) is 15.0. The summed E-state index contributed by atoms with van der Waals surface area (Å²) in [5.74, 6) is 0.739. The number of hydrogen-bond acceptors (Lipinski definition) is 4. The van der Waals surface area contributed by atoms with Crippen LogP contribution in [0.2, 0.25) is 5.02 Å². The van der Waals surface area contributed by atoms with Crippen LogP contribution in [0.4, 0.5) is 11.5 Å². The monoisotopic (exact) mass is 396 g/mol. The molecule has 3 aromatic rings. The van der Waals surface area contributed by atoms with Gasteiger partial charge in [-0.3, -0.25) is 9.59 Å². The average molecular weight is 397 g/mol. The van der Waals surface area contributed by atoms with Gasteiger partial charge in [-0.2, -0.15) is 5.10 Å². The Labute approximate surface area is 166 Å². The van der Waals surface area contributed by atoms with Gasteiger partial charge in [0.15, 0.2) is 0 Å². The maximum absolute atomic E-state index is 12.4. The fourth-order valence-corrected chi connectivity index (χ4v) is 3.24. The molecular weight excluding hydrogens is 380 g/mol. The number of rotatable bonds is 5. The van der Waals surface area contributed by atoms with Crippen LogP contribution < -0.4 is 15.4 Å². The first-order chi connectivity index (χ1) is 13.5. The van der Waals surface area contributed by atoms with E-state index in [-0.39, 0.29) is 18.2 Å². The third kappa shape index (κ3) is 3.44. The normalized spacial score (nSPS) is 15.1. The van der Waals surface area contributed by atoms with Gasteiger partial charge in [0, 0.05) is 16.3 Å². The van der Waals surface area contributed by atoms with Crippen LogP contribution in [0, 0.1) is 0 Å². The molecule has 0 aliphatic carbocycles. The Bertz CT molecular complexity index is 1030. The zero-order valence-corrected chi connectivity index (χ0v) is 15.7. The molecule has 0 spiro atoms. The van der Waals surface area contributed by atoms with Gasteiger partial charge in [0.05, 0.1) is 19.7 Å². The third-order valence-electron chi connectivity index (χ3n) is 4.54. The average Bonchev–Trinajstić information content (AvgIpc) is 3.23. The lowest BCUT2D eigenvalue weighted by molar-refractivity contribution is -0.123. The summed E-state index contributed by atoms with van der Waals surface area (Å²) in [5.41, 5.74) is 2.30. The van der Waals surface area contributed by atoms with E-state index in [0.29, 0.717) is 22.3 Å². The fraction of sp³-hybridized carbons (Fsp3) is 0.150. The highest BCUT2D eigenvalue weighted by Gasteiger charge is 2.35. The highest BCUT2D eigenvalue weighted by molar-refractivity contribution is 6.30. The fourth-order valence-electron chi connectivity index (χ4n) is 3.12. The molecule has 1 aromatic heterocycles. The van der Waals surface area contributed by atoms with Gasteiger partial charge in [-0.05, 0) is 42.0 Å². The molecular formula is C20H17ClN4O3. The van der Waals surface area contributed by atoms with E-state index in [4.69, 9.17) is 16.3 Å². The predicted molar refractivity (Wildman–Crippen MR) is 107 cm³/mol. The molecule has 1 unspecified atom stereocenters. The summed E-state index contributed by atoms with van der Waals surface area (Å²) in [6.45, 7) is 0. The number of halogens is 1. The number of methoxy groups -OCH3 is 1.